The number of amides is 1. The molecule has 1 amide bonds. The van der Waals surface area contributed by atoms with Crippen molar-refractivity contribution >= 4 is 11.9 Å². The molecule has 1 N–H and O–H groups in total. The summed E-state index contributed by atoms with van der Waals surface area (Å²) in [6.45, 7) is 7.06. The molecule has 1 saturated heterocycles. The Hall–Kier alpha value is -2.24. The van der Waals surface area contributed by atoms with Gasteiger partial charge in [-0.2, -0.15) is 0 Å². The van der Waals surface area contributed by atoms with Gasteiger partial charge in [0, 0.05) is 18.7 Å². The Morgan fingerprint density at radius 3 is 2.43 bits per heavy atom. The topological polar surface area (TPSA) is 76.1 Å². The molecule has 1 aromatic rings. The summed E-state index contributed by atoms with van der Waals surface area (Å²) in [4.78, 5) is 25.5. The highest BCUT2D eigenvalue weighted by Crippen LogP contribution is 2.33. The van der Waals surface area contributed by atoms with E-state index < -0.39 is 11.4 Å². The summed E-state index contributed by atoms with van der Waals surface area (Å²) in [6, 6.07) is 5.06. The van der Waals surface area contributed by atoms with Crippen LogP contribution in [0.4, 0.5) is 0 Å². The van der Waals surface area contributed by atoms with Crippen LogP contribution >= 0.6 is 0 Å². The molecule has 1 aromatic carbocycles. The van der Waals surface area contributed by atoms with Crippen molar-refractivity contribution in [3.05, 3.63) is 23.8 Å². The van der Waals surface area contributed by atoms with Crippen LogP contribution in [0, 0.1) is 5.41 Å². The Morgan fingerprint density at radius 2 is 1.87 bits per heavy atom. The molecule has 23 heavy (non-hydrogen) atoms. The molecule has 6 nitrogen and oxygen atoms in total. The third-order valence-electron chi connectivity index (χ3n) is 4.07. The summed E-state index contributed by atoms with van der Waals surface area (Å²) in [5, 5.41) is 9.28. The number of carboxylic acid groups (broad SMARTS) is 1. The Labute approximate surface area is 136 Å². The van der Waals surface area contributed by atoms with Crippen LogP contribution in [0.3, 0.4) is 0 Å². The van der Waals surface area contributed by atoms with E-state index in [1.165, 1.54) is 0 Å². The maximum Gasteiger partial charge on any atom is 0.311 e. The largest absolute Gasteiger partial charge is 0.490 e. The highest BCUT2D eigenvalue weighted by Gasteiger charge is 2.42. The molecule has 126 valence electrons. The summed E-state index contributed by atoms with van der Waals surface area (Å²) >= 11 is 0. The van der Waals surface area contributed by atoms with Gasteiger partial charge in [0.15, 0.2) is 11.5 Å². The van der Waals surface area contributed by atoms with Gasteiger partial charge in [0.2, 0.25) is 0 Å². The third-order valence-corrected chi connectivity index (χ3v) is 4.07. The number of hydrogen-bond donors (Lipinski definition) is 1. The van der Waals surface area contributed by atoms with E-state index in [2.05, 4.69) is 0 Å². The molecule has 1 unspecified atom stereocenters. The first-order chi connectivity index (χ1) is 10.9. The van der Waals surface area contributed by atoms with Gasteiger partial charge >= 0.3 is 5.97 Å². The number of carbonyl (C=O) groups is 2. The average molecular weight is 321 g/mol. The summed E-state index contributed by atoms with van der Waals surface area (Å²) in [6.07, 6.45) is 0.462. The SMILES string of the molecule is CCOc1ccc(C(=O)N2CCC(C)(C(=O)O)C2)cc1OCC. The van der Waals surface area contributed by atoms with E-state index in [1.807, 2.05) is 13.8 Å². The standard InChI is InChI=1S/C17H23NO5/c1-4-22-13-7-6-12(10-14(13)23-5-2)15(19)18-9-8-17(3,11-18)16(20)21/h6-7,10H,4-5,8-9,11H2,1-3H3,(H,20,21). The van der Waals surface area contributed by atoms with Gasteiger partial charge < -0.3 is 19.5 Å². The molecule has 1 fully saturated rings. The van der Waals surface area contributed by atoms with Crippen molar-refractivity contribution in [2.24, 2.45) is 5.41 Å². The van der Waals surface area contributed by atoms with Crippen molar-refractivity contribution in [2.45, 2.75) is 27.2 Å². The highest BCUT2D eigenvalue weighted by atomic mass is 16.5. The molecule has 6 heteroatoms. The van der Waals surface area contributed by atoms with Crippen LogP contribution in [0.5, 0.6) is 11.5 Å². The fraction of sp³-hybridized carbons (Fsp3) is 0.529. The van der Waals surface area contributed by atoms with Crippen molar-refractivity contribution in [3.8, 4) is 11.5 Å². The second kappa shape index (κ2) is 6.89. The molecule has 0 bridgehead atoms. The Morgan fingerprint density at radius 1 is 1.22 bits per heavy atom. The zero-order chi connectivity index (χ0) is 17.0. The van der Waals surface area contributed by atoms with Crippen LogP contribution in [0.1, 0.15) is 37.6 Å². The molecule has 0 saturated carbocycles. The predicted octanol–water partition coefficient (Wildman–Crippen LogP) is 2.42. The number of carboxylic acids is 1. The zero-order valence-electron chi connectivity index (χ0n) is 13.8. The van der Waals surface area contributed by atoms with E-state index in [0.717, 1.165) is 0 Å². The normalized spacial score (nSPS) is 20.4. The molecule has 1 atom stereocenters. The molecular formula is C17H23NO5. The van der Waals surface area contributed by atoms with Crippen molar-refractivity contribution in [1.82, 2.24) is 4.90 Å². The fourth-order valence-electron chi connectivity index (χ4n) is 2.68. The highest BCUT2D eigenvalue weighted by molar-refractivity contribution is 5.95. The number of nitrogens with zero attached hydrogens (tertiary/aromatic N) is 1. The lowest BCUT2D eigenvalue weighted by Crippen LogP contribution is -2.34. The van der Waals surface area contributed by atoms with Gasteiger partial charge in [-0.25, -0.2) is 0 Å². The molecule has 2 rings (SSSR count). The van der Waals surface area contributed by atoms with Crippen LogP contribution in [-0.4, -0.2) is 48.2 Å². The smallest absolute Gasteiger partial charge is 0.311 e. The molecule has 0 radical (unpaired) electrons. The van der Waals surface area contributed by atoms with Crippen LogP contribution in [0.25, 0.3) is 0 Å². The minimum absolute atomic E-state index is 0.182. The number of aliphatic carboxylic acids is 1. The van der Waals surface area contributed by atoms with Gasteiger partial charge in [-0.15, -0.1) is 0 Å². The monoisotopic (exact) mass is 321 g/mol. The van der Waals surface area contributed by atoms with E-state index in [9.17, 15) is 14.7 Å². The quantitative estimate of drug-likeness (QED) is 0.871. The van der Waals surface area contributed by atoms with E-state index in [0.29, 0.717) is 43.2 Å². The summed E-state index contributed by atoms with van der Waals surface area (Å²) < 4.78 is 11.0. The summed E-state index contributed by atoms with van der Waals surface area (Å²) in [7, 11) is 0. The van der Waals surface area contributed by atoms with Crippen LogP contribution in [0.2, 0.25) is 0 Å². The lowest BCUT2D eigenvalue weighted by atomic mass is 9.90. The molecule has 0 spiro atoms. The van der Waals surface area contributed by atoms with Gasteiger partial charge in [0.05, 0.1) is 18.6 Å². The number of benzene rings is 1. The lowest BCUT2D eigenvalue weighted by molar-refractivity contribution is -0.147. The van der Waals surface area contributed by atoms with Crippen LogP contribution < -0.4 is 9.47 Å². The van der Waals surface area contributed by atoms with Gasteiger partial charge in [-0.05, 0) is 45.4 Å². The lowest BCUT2D eigenvalue weighted by Gasteiger charge is -2.20. The Balaban J connectivity index is 2.20. The number of carbonyl (C=O) groups excluding carboxylic acids is 1. The number of hydrogen-bond acceptors (Lipinski definition) is 4. The van der Waals surface area contributed by atoms with Gasteiger partial charge in [-0.3, -0.25) is 9.59 Å². The number of likely N-dealkylation sites (tertiary alicyclic amines) is 1. The molecule has 1 heterocycles. The van der Waals surface area contributed by atoms with Gasteiger partial charge in [-0.1, -0.05) is 0 Å². The van der Waals surface area contributed by atoms with E-state index in [4.69, 9.17) is 9.47 Å². The molecule has 0 aromatic heterocycles. The molecule has 1 aliphatic rings. The van der Waals surface area contributed by atoms with Crippen molar-refractivity contribution in [3.63, 3.8) is 0 Å². The first kappa shape index (κ1) is 17.1. The third kappa shape index (κ3) is 3.57. The zero-order valence-corrected chi connectivity index (χ0v) is 13.8. The van der Waals surface area contributed by atoms with E-state index >= 15 is 0 Å². The van der Waals surface area contributed by atoms with Crippen molar-refractivity contribution < 1.29 is 24.2 Å². The molecular weight excluding hydrogens is 298 g/mol. The van der Waals surface area contributed by atoms with E-state index in [-0.39, 0.29) is 12.5 Å². The van der Waals surface area contributed by atoms with Crippen molar-refractivity contribution in [2.75, 3.05) is 26.3 Å². The summed E-state index contributed by atoms with van der Waals surface area (Å²) in [5.74, 6) is 0.0802. The molecule has 1 aliphatic heterocycles. The fourth-order valence-corrected chi connectivity index (χ4v) is 2.68. The Bertz CT molecular complexity index is 601. The average Bonchev–Trinajstić information content (AvgIpc) is 2.93. The van der Waals surface area contributed by atoms with Crippen LogP contribution in [0.15, 0.2) is 18.2 Å². The first-order valence-electron chi connectivity index (χ1n) is 7.83. The number of ether oxygens (including phenoxy) is 2. The number of rotatable bonds is 6. The predicted molar refractivity (Wildman–Crippen MR) is 85.0 cm³/mol. The minimum atomic E-state index is -0.871. The second-order valence-electron chi connectivity index (χ2n) is 5.87. The summed E-state index contributed by atoms with van der Waals surface area (Å²) in [5.41, 5.74) is -0.393. The van der Waals surface area contributed by atoms with Crippen molar-refractivity contribution in [1.29, 1.82) is 0 Å². The molecule has 0 aliphatic carbocycles. The second-order valence-corrected chi connectivity index (χ2v) is 5.87. The first-order valence-corrected chi connectivity index (χ1v) is 7.83. The van der Waals surface area contributed by atoms with Crippen LogP contribution in [-0.2, 0) is 4.79 Å². The maximum atomic E-state index is 12.6. The van der Waals surface area contributed by atoms with Gasteiger partial charge in [0.25, 0.3) is 5.91 Å². The maximum absolute atomic E-state index is 12.6. The Kier molecular flexibility index (Phi) is 5.13. The van der Waals surface area contributed by atoms with E-state index in [1.54, 1.807) is 30.0 Å². The van der Waals surface area contributed by atoms with Gasteiger partial charge in [0.1, 0.15) is 0 Å². The minimum Gasteiger partial charge on any atom is -0.490 e.